The molecule has 0 aliphatic carbocycles. The first kappa shape index (κ1) is 13.9. The van der Waals surface area contributed by atoms with Gasteiger partial charge in [0, 0.05) is 12.4 Å². The fraction of sp³-hybridized carbons (Fsp3) is 0.286. The van der Waals surface area contributed by atoms with Gasteiger partial charge in [-0.05, 0) is 18.6 Å². The Kier molecular flexibility index (Phi) is 4.60. The number of H-pyrrole nitrogens is 1. The molecule has 0 saturated heterocycles. The number of amides is 1. The largest absolute Gasteiger partial charge is 0.504 e. The van der Waals surface area contributed by atoms with Crippen LogP contribution in [-0.4, -0.2) is 27.6 Å². The zero-order valence-electron chi connectivity index (χ0n) is 11.2. The van der Waals surface area contributed by atoms with Crippen LogP contribution in [0.5, 0.6) is 11.5 Å². The number of phenols is 1. The molecule has 0 spiro atoms. The lowest BCUT2D eigenvalue weighted by Gasteiger charge is -2.15. The second-order valence-corrected chi connectivity index (χ2v) is 4.26. The first-order chi connectivity index (χ1) is 9.70. The van der Waals surface area contributed by atoms with E-state index in [1.807, 2.05) is 6.92 Å². The minimum absolute atomic E-state index is 0.0124. The normalized spacial score (nSPS) is 11.8. The number of aromatic hydroxyl groups is 1. The van der Waals surface area contributed by atoms with Gasteiger partial charge in [0.2, 0.25) is 0 Å². The Labute approximate surface area is 116 Å². The molecule has 1 amide bonds. The molecule has 0 aliphatic rings. The fourth-order valence-electron chi connectivity index (χ4n) is 1.79. The van der Waals surface area contributed by atoms with Crippen molar-refractivity contribution in [3.8, 4) is 11.5 Å². The van der Waals surface area contributed by atoms with E-state index >= 15 is 0 Å². The minimum Gasteiger partial charge on any atom is -0.504 e. The van der Waals surface area contributed by atoms with Crippen LogP contribution < -0.4 is 10.1 Å². The van der Waals surface area contributed by atoms with Crippen molar-refractivity contribution in [3.63, 3.8) is 0 Å². The van der Waals surface area contributed by atoms with Crippen molar-refractivity contribution in [2.75, 3.05) is 6.61 Å². The molecule has 1 aromatic heterocycles. The number of para-hydroxylation sites is 2. The van der Waals surface area contributed by atoms with Crippen LogP contribution in [0.25, 0.3) is 0 Å². The standard InChI is InChI=1S/C14H17N3O3/c1-2-10(14-15-7-8-16-14)17-13(19)9-20-12-6-4-3-5-11(12)18/h3-8,10,18H,2,9H2,1H3,(H,15,16)(H,17,19). The number of rotatable bonds is 6. The quantitative estimate of drug-likeness (QED) is 0.749. The third-order valence-electron chi connectivity index (χ3n) is 2.82. The van der Waals surface area contributed by atoms with E-state index in [-0.39, 0.29) is 30.1 Å². The molecule has 0 aliphatic heterocycles. The minimum atomic E-state index is -0.267. The molecule has 0 radical (unpaired) electrons. The summed E-state index contributed by atoms with van der Waals surface area (Å²) in [6, 6.07) is 6.35. The molecular formula is C14H17N3O3. The van der Waals surface area contributed by atoms with Crippen molar-refractivity contribution in [1.29, 1.82) is 0 Å². The summed E-state index contributed by atoms with van der Waals surface area (Å²) < 4.78 is 5.27. The number of hydrogen-bond donors (Lipinski definition) is 3. The molecule has 1 unspecified atom stereocenters. The van der Waals surface area contributed by atoms with E-state index in [0.717, 1.165) is 6.42 Å². The molecule has 0 fully saturated rings. The lowest BCUT2D eigenvalue weighted by Crippen LogP contribution is -2.32. The SMILES string of the molecule is CCC(NC(=O)COc1ccccc1O)c1ncc[nH]1. The van der Waals surface area contributed by atoms with Crippen molar-refractivity contribution < 1.29 is 14.6 Å². The number of hydrogen-bond acceptors (Lipinski definition) is 4. The number of imidazole rings is 1. The summed E-state index contributed by atoms with van der Waals surface area (Å²) in [4.78, 5) is 18.9. The number of phenolic OH excluding ortho intramolecular Hbond substituents is 1. The van der Waals surface area contributed by atoms with E-state index in [1.165, 1.54) is 6.07 Å². The van der Waals surface area contributed by atoms with Crippen LogP contribution in [0, 0.1) is 0 Å². The van der Waals surface area contributed by atoms with Gasteiger partial charge in [-0.1, -0.05) is 19.1 Å². The molecule has 1 atom stereocenters. The maximum absolute atomic E-state index is 11.8. The third kappa shape index (κ3) is 3.50. The number of nitrogens with one attached hydrogen (secondary N) is 2. The van der Waals surface area contributed by atoms with Gasteiger partial charge in [0.05, 0.1) is 6.04 Å². The van der Waals surface area contributed by atoms with Gasteiger partial charge in [-0.3, -0.25) is 4.79 Å². The molecule has 2 rings (SSSR count). The molecular weight excluding hydrogens is 258 g/mol. The zero-order chi connectivity index (χ0) is 14.4. The topological polar surface area (TPSA) is 87.2 Å². The van der Waals surface area contributed by atoms with Gasteiger partial charge in [0.15, 0.2) is 18.1 Å². The molecule has 1 heterocycles. The van der Waals surface area contributed by atoms with Gasteiger partial charge < -0.3 is 20.1 Å². The molecule has 3 N–H and O–H groups in total. The fourth-order valence-corrected chi connectivity index (χ4v) is 1.79. The number of carbonyl (C=O) groups is 1. The second kappa shape index (κ2) is 6.60. The van der Waals surface area contributed by atoms with Crippen LogP contribution in [0.2, 0.25) is 0 Å². The zero-order valence-corrected chi connectivity index (χ0v) is 11.2. The van der Waals surface area contributed by atoms with Crippen molar-refractivity contribution in [1.82, 2.24) is 15.3 Å². The Morgan fingerprint density at radius 1 is 1.50 bits per heavy atom. The number of carbonyl (C=O) groups excluding carboxylic acids is 1. The Morgan fingerprint density at radius 3 is 2.95 bits per heavy atom. The number of nitrogens with zero attached hydrogens (tertiary/aromatic N) is 1. The maximum Gasteiger partial charge on any atom is 0.258 e. The Morgan fingerprint density at radius 2 is 2.30 bits per heavy atom. The molecule has 6 heteroatoms. The molecule has 1 aromatic carbocycles. The second-order valence-electron chi connectivity index (χ2n) is 4.26. The monoisotopic (exact) mass is 275 g/mol. The number of benzene rings is 1. The lowest BCUT2D eigenvalue weighted by atomic mass is 10.2. The van der Waals surface area contributed by atoms with E-state index in [4.69, 9.17) is 4.74 Å². The van der Waals surface area contributed by atoms with Crippen LogP contribution in [-0.2, 0) is 4.79 Å². The van der Waals surface area contributed by atoms with E-state index in [2.05, 4.69) is 15.3 Å². The summed E-state index contributed by atoms with van der Waals surface area (Å²) in [5.41, 5.74) is 0. The summed E-state index contributed by atoms with van der Waals surface area (Å²) >= 11 is 0. The van der Waals surface area contributed by atoms with Crippen molar-refractivity contribution in [3.05, 3.63) is 42.5 Å². The van der Waals surface area contributed by atoms with E-state index in [9.17, 15) is 9.90 Å². The average Bonchev–Trinajstić information content (AvgIpc) is 2.98. The van der Waals surface area contributed by atoms with Crippen LogP contribution in [0.15, 0.2) is 36.7 Å². The summed E-state index contributed by atoms with van der Waals surface area (Å²) in [6.07, 6.45) is 4.07. The van der Waals surface area contributed by atoms with Crippen LogP contribution in [0.3, 0.4) is 0 Å². The van der Waals surface area contributed by atoms with Crippen molar-refractivity contribution in [2.45, 2.75) is 19.4 Å². The molecule has 6 nitrogen and oxygen atoms in total. The van der Waals surface area contributed by atoms with Crippen molar-refractivity contribution >= 4 is 5.91 Å². The summed E-state index contributed by atoms with van der Waals surface area (Å²) in [5.74, 6) is 0.743. The van der Waals surface area contributed by atoms with Gasteiger partial charge >= 0.3 is 0 Å². The van der Waals surface area contributed by atoms with Gasteiger partial charge in [0.25, 0.3) is 5.91 Å². The van der Waals surface area contributed by atoms with Crippen LogP contribution in [0.4, 0.5) is 0 Å². The first-order valence-electron chi connectivity index (χ1n) is 6.40. The predicted octanol–water partition coefficient (Wildman–Crippen LogP) is 1.76. The first-order valence-corrected chi connectivity index (χ1v) is 6.40. The number of aromatic nitrogens is 2. The summed E-state index contributed by atoms with van der Waals surface area (Å²) in [7, 11) is 0. The highest BCUT2D eigenvalue weighted by atomic mass is 16.5. The lowest BCUT2D eigenvalue weighted by molar-refractivity contribution is -0.123. The number of ether oxygens (including phenoxy) is 1. The average molecular weight is 275 g/mol. The van der Waals surface area contributed by atoms with E-state index in [1.54, 1.807) is 30.6 Å². The maximum atomic E-state index is 11.8. The summed E-state index contributed by atoms with van der Waals surface area (Å²) in [6.45, 7) is 1.80. The highest BCUT2D eigenvalue weighted by Crippen LogP contribution is 2.24. The Hall–Kier alpha value is -2.50. The smallest absolute Gasteiger partial charge is 0.258 e. The molecule has 20 heavy (non-hydrogen) atoms. The van der Waals surface area contributed by atoms with Crippen LogP contribution >= 0.6 is 0 Å². The van der Waals surface area contributed by atoms with Crippen LogP contribution in [0.1, 0.15) is 25.2 Å². The van der Waals surface area contributed by atoms with Gasteiger partial charge in [-0.15, -0.1) is 0 Å². The molecule has 106 valence electrons. The van der Waals surface area contributed by atoms with E-state index in [0.29, 0.717) is 5.82 Å². The van der Waals surface area contributed by atoms with Crippen molar-refractivity contribution in [2.24, 2.45) is 0 Å². The Bertz CT molecular complexity index is 555. The van der Waals surface area contributed by atoms with Gasteiger partial charge in [-0.2, -0.15) is 0 Å². The van der Waals surface area contributed by atoms with E-state index < -0.39 is 0 Å². The molecule has 0 saturated carbocycles. The summed E-state index contributed by atoms with van der Waals surface area (Å²) in [5, 5.41) is 12.3. The highest BCUT2D eigenvalue weighted by Gasteiger charge is 2.15. The molecule has 2 aromatic rings. The molecule has 0 bridgehead atoms. The number of aromatic amines is 1. The Balaban J connectivity index is 1.88. The van der Waals surface area contributed by atoms with Gasteiger partial charge in [-0.25, -0.2) is 4.98 Å². The third-order valence-corrected chi connectivity index (χ3v) is 2.82. The predicted molar refractivity (Wildman–Crippen MR) is 73.4 cm³/mol. The van der Waals surface area contributed by atoms with Gasteiger partial charge in [0.1, 0.15) is 5.82 Å². The highest BCUT2D eigenvalue weighted by molar-refractivity contribution is 5.78.